The minimum absolute atomic E-state index is 0.0304. The molecule has 134 valence electrons. The van der Waals surface area contributed by atoms with Crippen LogP contribution in [0, 0.1) is 5.41 Å². The number of carbonyl (C=O) groups excluding carboxylic acids is 1. The molecule has 0 radical (unpaired) electrons. The minimum atomic E-state index is -0.0304. The first kappa shape index (κ1) is 18.0. The number of benzene rings is 1. The molecule has 1 aromatic carbocycles. The summed E-state index contributed by atoms with van der Waals surface area (Å²) in [4.78, 5) is 19.2. The first-order chi connectivity index (χ1) is 11.9. The summed E-state index contributed by atoms with van der Waals surface area (Å²) in [5, 5.41) is 5.82. The summed E-state index contributed by atoms with van der Waals surface area (Å²) < 4.78 is 0. The van der Waals surface area contributed by atoms with E-state index >= 15 is 0 Å². The summed E-state index contributed by atoms with van der Waals surface area (Å²) in [7, 11) is 0. The largest absolute Gasteiger partial charge is 0.327 e. The van der Waals surface area contributed by atoms with Crippen LogP contribution in [0.1, 0.15) is 31.0 Å². The number of nitrogens with two attached hydrogens (primary N) is 1. The van der Waals surface area contributed by atoms with Gasteiger partial charge in [0.1, 0.15) is 5.01 Å². The lowest BCUT2D eigenvalue weighted by Gasteiger charge is -2.42. The van der Waals surface area contributed by atoms with Gasteiger partial charge in [-0.25, -0.2) is 4.98 Å². The SMILES string of the molecule is CC1(C)CN(Cc2csc(CC(=O)Nc3ccccc3)n2)CCC1N. The van der Waals surface area contributed by atoms with Crippen LogP contribution in [0.2, 0.25) is 0 Å². The lowest BCUT2D eigenvalue weighted by atomic mass is 9.80. The third kappa shape index (κ3) is 4.87. The fourth-order valence-corrected chi connectivity index (χ4v) is 4.00. The van der Waals surface area contributed by atoms with Crippen LogP contribution >= 0.6 is 11.3 Å². The lowest BCUT2D eigenvalue weighted by Crippen LogP contribution is -2.52. The number of thiazole rings is 1. The maximum absolute atomic E-state index is 12.1. The van der Waals surface area contributed by atoms with Gasteiger partial charge in [-0.15, -0.1) is 11.3 Å². The number of hydrogen-bond acceptors (Lipinski definition) is 5. The second-order valence-electron chi connectivity index (χ2n) is 7.42. The smallest absolute Gasteiger partial charge is 0.231 e. The number of nitrogens with one attached hydrogen (secondary N) is 1. The Morgan fingerprint density at radius 3 is 2.88 bits per heavy atom. The number of aromatic nitrogens is 1. The van der Waals surface area contributed by atoms with Crippen LogP contribution < -0.4 is 11.1 Å². The van der Waals surface area contributed by atoms with Crippen LogP contribution in [0.25, 0.3) is 0 Å². The fraction of sp³-hybridized carbons (Fsp3) is 0.474. The monoisotopic (exact) mass is 358 g/mol. The van der Waals surface area contributed by atoms with Gasteiger partial charge < -0.3 is 11.1 Å². The number of piperidine rings is 1. The van der Waals surface area contributed by atoms with Crippen molar-refractivity contribution in [2.24, 2.45) is 11.1 Å². The van der Waals surface area contributed by atoms with Crippen molar-refractivity contribution in [2.45, 2.75) is 39.3 Å². The number of amides is 1. The number of likely N-dealkylation sites (tertiary alicyclic amines) is 1. The molecule has 1 unspecified atom stereocenters. The molecule has 0 aliphatic carbocycles. The Kier molecular flexibility index (Phi) is 5.51. The Balaban J connectivity index is 1.53. The zero-order valence-corrected chi connectivity index (χ0v) is 15.7. The van der Waals surface area contributed by atoms with Crippen LogP contribution in [0.3, 0.4) is 0 Å². The summed E-state index contributed by atoms with van der Waals surface area (Å²) in [6.07, 6.45) is 1.33. The highest BCUT2D eigenvalue weighted by molar-refractivity contribution is 7.09. The quantitative estimate of drug-likeness (QED) is 0.862. The molecular formula is C19H26N4OS. The number of carbonyl (C=O) groups is 1. The van der Waals surface area contributed by atoms with Gasteiger partial charge >= 0.3 is 0 Å². The molecule has 1 aliphatic rings. The van der Waals surface area contributed by atoms with Crippen LogP contribution in [0.15, 0.2) is 35.7 Å². The number of rotatable bonds is 5. The Hall–Kier alpha value is -1.76. The van der Waals surface area contributed by atoms with Crippen molar-refractivity contribution in [2.75, 3.05) is 18.4 Å². The Bertz CT molecular complexity index is 713. The summed E-state index contributed by atoms with van der Waals surface area (Å²) >= 11 is 1.55. The van der Waals surface area contributed by atoms with Gasteiger partial charge in [-0.05, 0) is 24.0 Å². The van der Waals surface area contributed by atoms with Crippen LogP contribution in [0.5, 0.6) is 0 Å². The normalized spacial score (nSPS) is 20.4. The van der Waals surface area contributed by atoms with E-state index in [1.807, 2.05) is 30.3 Å². The molecule has 3 N–H and O–H groups in total. The molecule has 1 atom stereocenters. The van der Waals surface area contributed by atoms with E-state index in [2.05, 4.69) is 34.4 Å². The molecule has 0 bridgehead atoms. The van der Waals surface area contributed by atoms with Gasteiger partial charge in [0.2, 0.25) is 5.91 Å². The predicted octanol–water partition coefficient (Wildman–Crippen LogP) is 2.88. The van der Waals surface area contributed by atoms with E-state index in [9.17, 15) is 4.79 Å². The van der Waals surface area contributed by atoms with Gasteiger partial charge in [-0.1, -0.05) is 32.0 Å². The molecule has 5 nitrogen and oxygen atoms in total. The van der Waals surface area contributed by atoms with E-state index in [0.29, 0.717) is 6.42 Å². The Morgan fingerprint density at radius 1 is 1.40 bits per heavy atom. The van der Waals surface area contributed by atoms with Gasteiger partial charge in [0.25, 0.3) is 0 Å². The highest BCUT2D eigenvalue weighted by Crippen LogP contribution is 2.28. The number of nitrogens with zero attached hydrogens (tertiary/aromatic N) is 2. The summed E-state index contributed by atoms with van der Waals surface area (Å²) in [6, 6.07) is 9.77. The number of hydrogen-bond donors (Lipinski definition) is 2. The van der Waals surface area contributed by atoms with E-state index in [0.717, 1.165) is 42.4 Å². The van der Waals surface area contributed by atoms with Gasteiger partial charge in [0.05, 0.1) is 12.1 Å². The third-order valence-electron chi connectivity index (χ3n) is 4.75. The van der Waals surface area contributed by atoms with Crippen molar-refractivity contribution in [3.05, 3.63) is 46.4 Å². The predicted molar refractivity (Wildman–Crippen MR) is 103 cm³/mol. The fourth-order valence-electron chi connectivity index (χ4n) is 3.22. The standard InChI is InChI=1S/C19H26N4OS/c1-19(2)13-23(9-8-16(19)20)11-15-12-25-18(22-15)10-17(24)21-14-6-4-3-5-7-14/h3-7,12,16H,8-11,13,20H2,1-2H3,(H,21,24). The molecule has 2 aromatic rings. The molecule has 1 aliphatic heterocycles. The van der Waals surface area contributed by atoms with Crippen molar-refractivity contribution in [3.8, 4) is 0 Å². The Morgan fingerprint density at radius 2 is 2.16 bits per heavy atom. The lowest BCUT2D eigenvalue weighted by molar-refractivity contribution is -0.115. The highest BCUT2D eigenvalue weighted by atomic mass is 32.1. The zero-order chi connectivity index (χ0) is 17.9. The molecule has 1 fully saturated rings. The molecule has 1 saturated heterocycles. The van der Waals surface area contributed by atoms with E-state index in [-0.39, 0.29) is 17.4 Å². The van der Waals surface area contributed by atoms with E-state index in [4.69, 9.17) is 5.73 Å². The second kappa shape index (κ2) is 7.64. The molecule has 6 heteroatoms. The maximum atomic E-state index is 12.1. The molecule has 0 saturated carbocycles. The van der Waals surface area contributed by atoms with Crippen molar-refractivity contribution < 1.29 is 4.79 Å². The summed E-state index contributed by atoms with van der Waals surface area (Å²) in [5.41, 5.74) is 8.19. The first-order valence-electron chi connectivity index (χ1n) is 8.68. The van der Waals surface area contributed by atoms with Crippen molar-refractivity contribution in [3.63, 3.8) is 0 Å². The molecule has 1 amide bonds. The van der Waals surface area contributed by atoms with Gasteiger partial charge in [0, 0.05) is 36.7 Å². The Labute approximate surface area is 153 Å². The van der Waals surface area contributed by atoms with Crippen LogP contribution in [0.4, 0.5) is 5.69 Å². The summed E-state index contributed by atoms with van der Waals surface area (Å²) in [6.45, 7) is 7.27. The van der Waals surface area contributed by atoms with Gasteiger partial charge in [0.15, 0.2) is 0 Å². The van der Waals surface area contributed by atoms with Crippen molar-refractivity contribution >= 4 is 22.9 Å². The van der Waals surface area contributed by atoms with E-state index < -0.39 is 0 Å². The second-order valence-corrected chi connectivity index (χ2v) is 8.36. The van der Waals surface area contributed by atoms with Crippen LogP contribution in [-0.2, 0) is 17.8 Å². The molecule has 0 spiro atoms. The van der Waals surface area contributed by atoms with Crippen molar-refractivity contribution in [1.29, 1.82) is 0 Å². The summed E-state index contributed by atoms with van der Waals surface area (Å²) in [5.74, 6) is -0.0304. The molecular weight excluding hydrogens is 332 g/mol. The van der Waals surface area contributed by atoms with E-state index in [1.165, 1.54) is 0 Å². The van der Waals surface area contributed by atoms with Crippen LogP contribution in [-0.4, -0.2) is 34.9 Å². The topological polar surface area (TPSA) is 71.2 Å². The highest BCUT2D eigenvalue weighted by Gasteiger charge is 2.33. The zero-order valence-electron chi connectivity index (χ0n) is 14.9. The van der Waals surface area contributed by atoms with Gasteiger partial charge in [-0.2, -0.15) is 0 Å². The van der Waals surface area contributed by atoms with Gasteiger partial charge in [-0.3, -0.25) is 9.69 Å². The molecule has 1 aromatic heterocycles. The molecule has 3 rings (SSSR count). The number of anilines is 1. The molecule has 25 heavy (non-hydrogen) atoms. The number of para-hydroxylation sites is 1. The molecule has 2 heterocycles. The average Bonchev–Trinajstić information content (AvgIpc) is 2.98. The maximum Gasteiger partial charge on any atom is 0.231 e. The third-order valence-corrected chi connectivity index (χ3v) is 5.64. The van der Waals surface area contributed by atoms with E-state index in [1.54, 1.807) is 11.3 Å². The average molecular weight is 359 g/mol. The first-order valence-corrected chi connectivity index (χ1v) is 9.56. The minimum Gasteiger partial charge on any atom is -0.327 e. The van der Waals surface area contributed by atoms with Crippen molar-refractivity contribution in [1.82, 2.24) is 9.88 Å².